The van der Waals surface area contributed by atoms with Gasteiger partial charge in [-0.25, -0.2) is 4.79 Å². The minimum atomic E-state index is -1.34. The SMILES string of the molecule is C[C@@H]1COCCN1c1ccc(C[C@@H](O)C(=O)O)cc1. The molecule has 1 aliphatic heterocycles. The molecule has 0 aliphatic carbocycles. The maximum Gasteiger partial charge on any atom is 0.332 e. The molecule has 0 aromatic heterocycles. The zero-order valence-corrected chi connectivity index (χ0v) is 11.0. The van der Waals surface area contributed by atoms with Crippen LogP contribution in [0.15, 0.2) is 24.3 Å². The third kappa shape index (κ3) is 3.45. The van der Waals surface area contributed by atoms with Crippen molar-refractivity contribution in [2.75, 3.05) is 24.7 Å². The number of benzene rings is 1. The van der Waals surface area contributed by atoms with Gasteiger partial charge < -0.3 is 19.8 Å². The predicted molar refractivity (Wildman–Crippen MR) is 71.4 cm³/mol. The van der Waals surface area contributed by atoms with Crippen LogP contribution in [0.3, 0.4) is 0 Å². The molecule has 0 saturated carbocycles. The zero-order chi connectivity index (χ0) is 13.8. The van der Waals surface area contributed by atoms with Crippen LogP contribution in [-0.2, 0) is 16.0 Å². The van der Waals surface area contributed by atoms with Crippen LogP contribution in [0.4, 0.5) is 5.69 Å². The van der Waals surface area contributed by atoms with Gasteiger partial charge in [0.25, 0.3) is 0 Å². The van der Waals surface area contributed by atoms with E-state index >= 15 is 0 Å². The normalized spacial score (nSPS) is 21.2. The van der Waals surface area contributed by atoms with Crippen LogP contribution in [-0.4, -0.2) is 48.1 Å². The Bertz CT molecular complexity index is 432. The summed E-state index contributed by atoms with van der Waals surface area (Å²) in [6.07, 6.45) is -1.21. The maximum absolute atomic E-state index is 10.6. The van der Waals surface area contributed by atoms with Gasteiger partial charge in [-0.1, -0.05) is 12.1 Å². The average Bonchev–Trinajstić information content (AvgIpc) is 2.40. The van der Waals surface area contributed by atoms with E-state index in [-0.39, 0.29) is 6.42 Å². The second kappa shape index (κ2) is 6.04. The summed E-state index contributed by atoms with van der Waals surface area (Å²) in [5.74, 6) is -1.19. The molecule has 0 unspecified atom stereocenters. The second-order valence-electron chi connectivity index (χ2n) is 4.84. The van der Waals surface area contributed by atoms with E-state index in [2.05, 4.69) is 11.8 Å². The van der Waals surface area contributed by atoms with E-state index in [1.165, 1.54) is 0 Å². The molecule has 2 N–H and O–H groups in total. The molecule has 1 heterocycles. The van der Waals surface area contributed by atoms with Crippen LogP contribution >= 0.6 is 0 Å². The number of hydrogen-bond acceptors (Lipinski definition) is 4. The highest BCUT2D eigenvalue weighted by atomic mass is 16.5. The lowest BCUT2D eigenvalue weighted by molar-refractivity contribution is -0.146. The molecule has 104 valence electrons. The van der Waals surface area contributed by atoms with Crippen molar-refractivity contribution in [3.8, 4) is 0 Å². The minimum absolute atomic E-state index is 0.133. The summed E-state index contributed by atoms with van der Waals surface area (Å²) in [4.78, 5) is 12.9. The first-order valence-corrected chi connectivity index (χ1v) is 6.42. The highest BCUT2D eigenvalue weighted by Gasteiger charge is 2.19. The van der Waals surface area contributed by atoms with Gasteiger partial charge in [-0.05, 0) is 24.6 Å². The molecule has 1 fully saturated rings. The van der Waals surface area contributed by atoms with Crippen molar-refractivity contribution < 1.29 is 19.7 Å². The van der Waals surface area contributed by atoms with Crippen molar-refractivity contribution in [3.63, 3.8) is 0 Å². The molecule has 5 nitrogen and oxygen atoms in total. The number of hydrogen-bond donors (Lipinski definition) is 2. The number of anilines is 1. The summed E-state index contributed by atoms with van der Waals surface area (Å²) in [5.41, 5.74) is 1.92. The minimum Gasteiger partial charge on any atom is -0.479 e. The average molecular weight is 265 g/mol. The summed E-state index contributed by atoms with van der Waals surface area (Å²) in [5, 5.41) is 18.0. The number of aliphatic carboxylic acids is 1. The molecule has 0 amide bonds. The molecule has 19 heavy (non-hydrogen) atoms. The number of aliphatic hydroxyl groups is 1. The van der Waals surface area contributed by atoms with Gasteiger partial charge in [0.2, 0.25) is 0 Å². The van der Waals surface area contributed by atoms with Crippen molar-refractivity contribution in [2.45, 2.75) is 25.5 Å². The van der Waals surface area contributed by atoms with Gasteiger partial charge in [0.1, 0.15) is 0 Å². The zero-order valence-electron chi connectivity index (χ0n) is 11.0. The highest BCUT2D eigenvalue weighted by Crippen LogP contribution is 2.20. The molecule has 0 spiro atoms. The number of rotatable bonds is 4. The standard InChI is InChI=1S/C14H19NO4/c1-10-9-19-7-6-15(10)12-4-2-11(3-5-12)8-13(16)14(17)18/h2-5,10,13,16H,6-9H2,1H3,(H,17,18)/t10-,13-/m1/s1. The Kier molecular flexibility index (Phi) is 4.39. The molecule has 0 bridgehead atoms. The molecular formula is C14H19NO4. The molecule has 5 heteroatoms. The van der Waals surface area contributed by atoms with Gasteiger partial charge in [-0.2, -0.15) is 0 Å². The monoisotopic (exact) mass is 265 g/mol. The van der Waals surface area contributed by atoms with Crippen molar-refractivity contribution in [1.82, 2.24) is 0 Å². The first kappa shape index (κ1) is 13.8. The van der Waals surface area contributed by atoms with Crippen LogP contribution in [0.1, 0.15) is 12.5 Å². The van der Waals surface area contributed by atoms with E-state index in [0.717, 1.165) is 31.0 Å². The highest BCUT2D eigenvalue weighted by molar-refractivity contribution is 5.72. The van der Waals surface area contributed by atoms with Crippen LogP contribution in [0.2, 0.25) is 0 Å². The van der Waals surface area contributed by atoms with E-state index in [0.29, 0.717) is 6.04 Å². The lowest BCUT2D eigenvalue weighted by Gasteiger charge is -2.35. The summed E-state index contributed by atoms with van der Waals surface area (Å²) < 4.78 is 5.40. The molecular weight excluding hydrogens is 246 g/mol. The third-order valence-corrected chi connectivity index (χ3v) is 3.35. The largest absolute Gasteiger partial charge is 0.479 e. The second-order valence-corrected chi connectivity index (χ2v) is 4.84. The van der Waals surface area contributed by atoms with Crippen LogP contribution in [0.25, 0.3) is 0 Å². The van der Waals surface area contributed by atoms with Gasteiger partial charge in [0, 0.05) is 24.7 Å². The fourth-order valence-electron chi connectivity index (χ4n) is 2.24. The Morgan fingerprint density at radius 2 is 2.16 bits per heavy atom. The topological polar surface area (TPSA) is 70.0 Å². The number of carboxylic acid groups (broad SMARTS) is 1. The van der Waals surface area contributed by atoms with E-state index in [9.17, 15) is 9.90 Å². The fourth-order valence-corrected chi connectivity index (χ4v) is 2.24. The smallest absolute Gasteiger partial charge is 0.332 e. The number of carbonyl (C=O) groups is 1. The van der Waals surface area contributed by atoms with Crippen LogP contribution < -0.4 is 4.90 Å². The fraction of sp³-hybridized carbons (Fsp3) is 0.500. The van der Waals surface area contributed by atoms with Crippen molar-refractivity contribution >= 4 is 11.7 Å². The molecule has 2 atom stereocenters. The van der Waals surface area contributed by atoms with Crippen LogP contribution in [0, 0.1) is 0 Å². The summed E-state index contributed by atoms with van der Waals surface area (Å²) >= 11 is 0. The lowest BCUT2D eigenvalue weighted by atomic mass is 10.1. The lowest BCUT2D eigenvalue weighted by Crippen LogP contribution is -2.43. The predicted octanol–water partition coefficient (Wildman–Crippen LogP) is 0.900. The van der Waals surface area contributed by atoms with Gasteiger partial charge in [-0.15, -0.1) is 0 Å². The van der Waals surface area contributed by atoms with E-state index in [4.69, 9.17) is 9.84 Å². The molecule has 1 saturated heterocycles. The van der Waals surface area contributed by atoms with E-state index < -0.39 is 12.1 Å². The summed E-state index contributed by atoms with van der Waals surface area (Å²) in [6, 6.07) is 7.99. The number of aliphatic hydroxyl groups excluding tert-OH is 1. The summed E-state index contributed by atoms with van der Waals surface area (Å²) in [7, 11) is 0. The Labute approximate surface area is 112 Å². The number of carboxylic acids is 1. The molecule has 1 aromatic carbocycles. The first-order valence-electron chi connectivity index (χ1n) is 6.42. The van der Waals surface area contributed by atoms with E-state index in [1.807, 2.05) is 24.3 Å². The van der Waals surface area contributed by atoms with Crippen LogP contribution in [0.5, 0.6) is 0 Å². The summed E-state index contributed by atoms with van der Waals surface area (Å²) in [6.45, 7) is 4.42. The van der Waals surface area contributed by atoms with Crippen molar-refractivity contribution in [2.24, 2.45) is 0 Å². The van der Waals surface area contributed by atoms with Crippen molar-refractivity contribution in [1.29, 1.82) is 0 Å². The quantitative estimate of drug-likeness (QED) is 0.846. The Morgan fingerprint density at radius 3 is 2.74 bits per heavy atom. The van der Waals surface area contributed by atoms with Crippen molar-refractivity contribution in [3.05, 3.63) is 29.8 Å². The van der Waals surface area contributed by atoms with Gasteiger partial charge in [0.15, 0.2) is 6.10 Å². The number of nitrogens with zero attached hydrogens (tertiary/aromatic N) is 1. The molecule has 1 aliphatic rings. The Morgan fingerprint density at radius 1 is 1.47 bits per heavy atom. The van der Waals surface area contributed by atoms with Gasteiger partial charge in [0.05, 0.1) is 13.2 Å². The molecule has 0 radical (unpaired) electrons. The van der Waals surface area contributed by atoms with Gasteiger partial charge >= 0.3 is 5.97 Å². The first-order chi connectivity index (χ1) is 9.08. The Balaban J connectivity index is 2.03. The van der Waals surface area contributed by atoms with Gasteiger partial charge in [-0.3, -0.25) is 0 Å². The third-order valence-electron chi connectivity index (χ3n) is 3.35. The Hall–Kier alpha value is -1.59. The molecule has 1 aromatic rings. The van der Waals surface area contributed by atoms with E-state index in [1.54, 1.807) is 0 Å². The number of morpholine rings is 1. The molecule has 2 rings (SSSR count). The maximum atomic E-state index is 10.6. The number of ether oxygens (including phenoxy) is 1.